The summed E-state index contributed by atoms with van der Waals surface area (Å²) in [6.45, 7) is 3.34. The first-order valence-electron chi connectivity index (χ1n) is 7.40. The number of amidine groups is 1. The average molecular weight is 274 g/mol. The smallest absolute Gasteiger partial charge is 0.188 e. The van der Waals surface area contributed by atoms with Crippen LogP contribution in [-0.4, -0.2) is 34.0 Å². The second-order valence-corrected chi connectivity index (χ2v) is 6.12. The Balaban J connectivity index is 1.66. The van der Waals surface area contributed by atoms with E-state index in [0.29, 0.717) is 5.69 Å². The second-order valence-electron chi connectivity index (χ2n) is 6.12. The van der Waals surface area contributed by atoms with Crippen LogP contribution in [0.1, 0.15) is 36.9 Å². The van der Waals surface area contributed by atoms with Crippen molar-refractivity contribution in [3.05, 3.63) is 29.6 Å². The van der Waals surface area contributed by atoms with Crippen molar-refractivity contribution in [3.8, 4) is 0 Å². The van der Waals surface area contributed by atoms with E-state index in [2.05, 4.69) is 15.0 Å². The average Bonchev–Trinajstić information content (AvgIpc) is 3.34. The molecular weight excluding hydrogens is 252 g/mol. The van der Waals surface area contributed by atoms with E-state index < -0.39 is 0 Å². The van der Waals surface area contributed by atoms with Crippen LogP contribution in [0.4, 0.5) is 0 Å². The van der Waals surface area contributed by atoms with Gasteiger partial charge in [-0.3, -0.25) is 9.88 Å². The maximum atomic E-state index is 8.73. The molecule has 0 bridgehead atoms. The van der Waals surface area contributed by atoms with Gasteiger partial charge in [0.15, 0.2) is 5.84 Å². The van der Waals surface area contributed by atoms with Gasteiger partial charge in [-0.15, -0.1) is 0 Å². The van der Waals surface area contributed by atoms with Gasteiger partial charge >= 0.3 is 0 Å². The van der Waals surface area contributed by atoms with E-state index in [4.69, 9.17) is 10.9 Å². The zero-order valence-electron chi connectivity index (χ0n) is 11.7. The maximum Gasteiger partial charge on any atom is 0.188 e. The Morgan fingerprint density at radius 3 is 2.50 bits per heavy atom. The standard InChI is InChI=1S/C15H22N4O/c16-15(18-20)14-7-13(5-6-17-14)10-19(8-11-1-2-11)9-12-3-4-12/h5-7,11-12,20H,1-4,8-10H2,(H2,16,18). The van der Waals surface area contributed by atoms with Crippen LogP contribution >= 0.6 is 0 Å². The van der Waals surface area contributed by atoms with Crippen LogP contribution in [0.2, 0.25) is 0 Å². The van der Waals surface area contributed by atoms with Gasteiger partial charge in [-0.2, -0.15) is 0 Å². The van der Waals surface area contributed by atoms with Crippen LogP contribution in [0.15, 0.2) is 23.5 Å². The second kappa shape index (κ2) is 5.79. The minimum atomic E-state index is 0.0720. The van der Waals surface area contributed by atoms with Crippen LogP contribution in [0, 0.1) is 11.8 Å². The molecule has 0 aromatic carbocycles. The molecule has 108 valence electrons. The molecule has 0 saturated heterocycles. The maximum absolute atomic E-state index is 8.73. The number of rotatable bonds is 7. The van der Waals surface area contributed by atoms with Crippen LogP contribution in [0.5, 0.6) is 0 Å². The summed E-state index contributed by atoms with van der Waals surface area (Å²) in [6, 6.07) is 3.93. The van der Waals surface area contributed by atoms with Crippen molar-refractivity contribution in [1.29, 1.82) is 0 Å². The summed E-state index contributed by atoms with van der Waals surface area (Å²) in [5.74, 6) is 1.88. The normalized spacial score (nSPS) is 19.6. The molecule has 1 aromatic rings. The highest BCUT2D eigenvalue weighted by atomic mass is 16.4. The van der Waals surface area contributed by atoms with Crippen molar-refractivity contribution >= 4 is 5.84 Å². The lowest BCUT2D eigenvalue weighted by atomic mass is 10.2. The van der Waals surface area contributed by atoms with Crippen molar-refractivity contribution < 1.29 is 5.21 Å². The summed E-state index contributed by atoms with van der Waals surface area (Å²) < 4.78 is 0. The van der Waals surface area contributed by atoms with Gasteiger partial charge in [0.05, 0.1) is 0 Å². The molecule has 3 N–H and O–H groups in total. The third kappa shape index (κ3) is 3.70. The van der Waals surface area contributed by atoms with Crippen LogP contribution in [0.3, 0.4) is 0 Å². The van der Waals surface area contributed by atoms with Crippen LogP contribution < -0.4 is 5.73 Å². The predicted octanol–water partition coefficient (Wildman–Crippen LogP) is 1.80. The number of oxime groups is 1. The third-order valence-electron chi connectivity index (χ3n) is 4.03. The number of hydrogen-bond acceptors (Lipinski definition) is 4. The van der Waals surface area contributed by atoms with Crippen molar-refractivity contribution in [3.63, 3.8) is 0 Å². The van der Waals surface area contributed by atoms with E-state index in [-0.39, 0.29) is 5.84 Å². The Morgan fingerprint density at radius 2 is 1.95 bits per heavy atom. The fraction of sp³-hybridized carbons (Fsp3) is 0.600. The monoisotopic (exact) mass is 274 g/mol. The predicted molar refractivity (Wildman–Crippen MR) is 77.5 cm³/mol. The summed E-state index contributed by atoms with van der Waals surface area (Å²) in [6.07, 6.45) is 7.26. The molecule has 5 heteroatoms. The van der Waals surface area contributed by atoms with E-state index in [1.165, 1.54) is 44.3 Å². The summed E-state index contributed by atoms with van der Waals surface area (Å²) >= 11 is 0. The van der Waals surface area contributed by atoms with Gasteiger partial charge in [-0.1, -0.05) is 5.16 Å². The lowest BCUT2D eigenvalue weighted by Gasteiger charge is -2.22. The summed E-state index contributed by atoms with van der Waals surface area (Å²) in [5.41, 5.74) is 7.33. The van der Waals surface area contributed by atoms with Gasteiger partial charge in [-0.05, 0) is 55.2 Å². The highest BCUT2D eigenvalue weighted by Crippen LogP contribution is 2.34. The molecule has 2 aliphatic carbocycles. The fourth-order valence-electron chi connectivity index (χ4n) is 2.56. The Hall–Kier alpha value is -1.62. The SMILES string of the molecule is NC(=NO)c1cc(CN(CC2CC2)CC2CC2)ccn1. The Morgan fingerprint density at radius 1 is 1.30 bits per heavy atom. The van der Waals surface area contributed by atoms with E-state index in [9.17, 15) is 0 Å². The van der Waals surface area contributed by atoms with Crippen molar-refractivity contribution in [2.75, 3.05) is 13.1 Å². The molecule has 3 rings (SSSR count). The molecule has 0 aliphatic heterocycles. The van der Waals surface area contributed by atoms with Crippen LogP contribution in [0.25, 0.3) is 0 Å². The lowest BCUT2D eigenvalue weighted by Crippen LogP contribution is -2.28. The molecule has 0 atom stereocenters. The van der Waals surface area contributed by atoms with Crippen LogP contribution in [-0.2, 0) is 6.54 Å². The quantitative estimate of drug-likeness (QED) is 0.344. The summed E-state index contributed by atoms with van der Waals surface area (Å²) in [5, 5.41) is 11.7. The molecule has 2 fully saturated rings. The van der Waals surface area contributed by atoms with Gasteiger partial charge in [0.1, 0.15) is 5.69 Å². The van der Waals surface area contributed by atoms with E-state index in [0.717, 1.165) is 18.4 Å². The molecule has 0 amide bonds. The first-order chi connectivity index (χ1) is 9.74. The topological polar surface area (TPSA) is 74.7 Å². The number of aromatic nitrogens is 1. The zero-order valence-corrected chi connectivity index (χ0v) is 11.7. The summed E-state index contributed by atoms with van der Waals surface area (Å²) in [4.78, 5) is 6.69. The molecule has 5 nitrogen and oxygen atoms in total. The minimum Gasteiger partial charge on any atom is -0.409 e. The van der Waals surface area contributed by atoms with E-state index >= 15 is 0 Å². The Bertz CT molecular complexity index is 480. The molecule has 1 aromatic heterocycles. The first-order valence-corrected chi connectivity index (χ1v) is 7.40. The largest absolute Gasteiger partial charge is 0.409 e. The molecule has 1 heterocycles. The number of nitrogens with zero attached hydrogens (tertiary/aromatic N) is 3. The van der Waals surface area contributed by atoms with E-state index in [1.54, 1.807) is 6.20 Å². The molecule has 0 spiro atoms. The van der Waals surface area contributed by atoms with Crippen molar-refractivity contribution in [1.82, 2.24) is 9.88 Å². The summed E-state index contributed by atoms with van der Waals surface area (Å²) in [7, 11) is 0. The highest BCUT2D eigenvalue weighted by molar-refractivity contribution is 5.95. The van der Waals surface area contributed by atoms with Gasteiger partial charge < -0.3 is 10.9 Å². The number of pyridine rings is 1. The number of hydrogen-bond donors (Lipinski definition) is 2. The molecule has 0 radical (unpaired) electrons. The molecular formula is C15H22N4O. The van der Waals surface area contributed by atoms with Gasteiger partial charge in [0.25, 0.3) is 0 Å². The molecule has 2 aliphatic rings. The third-order valence-corrected chi connectivity index (χ3v) is 4.03. The fourth-order valence-corrected chi connectivity index (χ4v) is 2.56. The Kier molecular flexibility index (Phi) is 3.87. The van der Waals surface area contributed by atoms with Crippen molar-refractivity contribution in [2.24, 2.45) is 22.7 Å². The highest BCUT2D eigenvalue weighted by Gasteiger charge is 2.29. The van der Waals surface area contributed by atoms with Gasteiger partial charge in [0, 0.05) is 25.8 Å². The zero-order chi connectivity index (χ0) is 13.9. The van der Waals surface area contributed by atoms with E-state index in [1.807, 2.05) is 12.1 Å². The van der Waals surface area contributed by atoms with Gasteiger partial charge in [-0.25, -0.2) is 0 Å². The molecule has 20 heavy (non-hydrogen) atoms. The minimum absolute atomic E-state index is 0.0720. The molecule has 0 unspecified atom stereocenters. The lowest BCUT2D eigenvalue weighted by molar-refractivity contribution is 0.244. The first kappa shape index (κ1) is 13.4. The van der Waals surface area contributed by atoms with Gasteiger partial charge in [0.2, 0.25) is 0 Å². The Labute approximate surface area is 119 Å². The van der Waals surface area contributed by atoms with Crippen molar-refractivity contribution in [2.45, 2.75) is 32.2 Å². The number of nitrogens with two attached hydrogens (primary N) is 1. The molecule has 2 saturated carbocycles.